The zero-order valence-corrected chi connectivity index (χ0v) is 32.0. The van der Waals surface area contributed by atoms with E-state index in [9.17, 15) is 5.84 Å². The standard InChI is InChI=1S/C46H72N2/c1-6-11-16-21-26-38-31-39(27-22-17-12-7-2)34-43(33-38)45-37-42(30-25-20-15-10-5)46(48(45)47)44-35-40(28-23-18-13-8-3)32-41(36-44)29-24-19-14-9-4/h30-37,47H,6-29H2,1-5H3. The molecule has 0 fully saturated rings. The molecule has 266 valence electrons. The van der Waals surface area contributed by atoms with Gasteiger partial charge in [-0.05, 0) is 111 Å². The van der Waals surface area contributed by atoms with Crippen LogP contribution in [-0.2, 0) is 25.7 Å². The highest BCUT2D eigenvalue weighted by Crippen LogP contribution is 2.32. The Morgan fingerprint density at radius 1 is 0.458 bits per heavy atom. The predicted molar refractivity (Wildman–Crippen MR) is 213 cm³/mol. The van der Waals surface area contributed by atoms with Crippen LogP contribution >= 0.6 is 0 Å². The average molecular weight is 653 g/mol. The van der Waals surface area contributed by atoms with E-state index in [1.165, 1.54) is 161 Å². The maximum absolute atomic E-state index is 9.71. The van der Waals surface area contributed by atoms with Gasteiger partial charge in [0.1, 0.15) is 0 Å². The molecule has 1 N–H and O–H groups in total. The quantitative estimate of drug-likeness (QED) is 0.0714. The van der Waals surface area contributed by atoms with E-state index in [1.807, 2.05) is 0 Å². The minimum absolute atomic E-state index is 1.05. The van der Waals surface area contributed by atoms with Gasteiger partial charge < -0.3 is 5.84 Å². The summed E-state index contributed by atoms with van der Waals surface area (Å²) < 4.78 is 1.81. The zero-order chi connectivity index (χ0) is 34.4. The Hall–Kier alpha value is -2.61. The molecule has 0 aliphatic carbocycles. The number of hydrogen-bond acceptors (Lipinski definition) is 0. The van der Waals surface area contributed by atoms with Crippen molar-refractivity contribution in [2.45, 2.75) is 189 Å². The van der Waals surface area contributed by atoms with E-state index in [0.717, 1.165) is 43.5 Å². The van der Waals surface area contributed by atoms with Crippen LogP contribution in [0.2, 0.25) is 0 Å². The normalized spacial score (nSPS) is 14.0. The summed E-state index contributed by atoms with van der Waals surface area (Å²) in [6, 6.07) is 14.6. The van der Waals surface area contributed by atoms with E-state index < -0.39 is 0 Å². The number of nitrogens with zero attached hydrogens (tertiary/aromatic N) is 1. The van der Waals surface area contributed by atoms with Crippen molar-refractivity contribution in [2.75, 3.05) is 0 Å². The second-order valence-corrected chi connectivity index (χ2v) is 14.7. The lowest BCUT2D eigenvalue weighted by atomic mass is 9.93. The van der Waals surface area contributed by atoms with Crippen molar-refractivity contribution in [1.29, 1.82) is 0 Å². The summed E-state index contributed by atoms with van der Waals surface area (Å²) in [5.74, 6) is 9.71. The van der Waals surface area contributed by atoms with E-state index in [0.29, 0.717) is 0 Å². The maximum atomic E-state index is 9.71. The monoisotopic (exact) mass is 653 g/mol. The molecule has 1 heterocycles. The summed E-state index contributed by atoms with van der Waals surface area (Å²) in [6.45, 7) is 11.5. The Labute approximate surface area is 297 Å². The SMILES string of the molecule is CCCCCC=C1C=C(c2cc(CCCCCC)cc(CCCCCC)c2)[N+]([NH-])=C1c1cc(CCCCCC)cc(CCCCCC)c1. The van der Waals surface area contributed by atoms with Crippen LogP contribution in [0.4, 0.5) is 0 Å². The smallest absolute Gasteiger partial charge is 0.215 e. The van der Waals surface area contributed by atoms with Gasteiger partial charge in [0.2, 0.25) is 11.4 Å². The zero-order valence-electron chi connectivity index (χ0n) is 32.0. The number of hydrogen-bond donors (Lipinski definition) is 0. The minimum Gasteiger partial charge on any atom is -0.448 e. The average Bonchev–Trinajstić information content (AvgIpc) is 3.43. The molecule has 0 bridgehead atoms. The molecule has 1 aliphatic rings. The van der Waals surface area contributed by atoms with Crippen LogP contribution in [0.1, 0.15) is 196 Å². The summed E-state index contributed by atoms with van der Waals surface area (Å²) >= 11 is 0. The Balaban J connectivity index is 2.05. The number of rotatable bonds is 26. The van der Waals surface area contributed by atoms with E-state index in [4.69, 9.17) is 0 Å². The summed E-state index contributed by atoms with van der Waals surface area (Å²) in [4.78, 5) is 0. The number of allylic oxidation sites excluding steroid dienone is 3. The Morgan fingerprint density at radius 2 is 0.833 bits per heavy atom. The van der Waals surface area contributed by atoms with Crippen molar-refractivity contribution < 1.29 is 4.68 Å². The van der Waals surface area contributed by atoms with Crippen LogP contribution < -0.4 is 0 Å². The van der Waals surface area contributed by atoms with Gasteiger partial charge in [0.15, 0.2) is 0 Å². The van der Waals surface area contributed by atoms with Gasteiger partial charge in [-0.25, -0.2) is 4.68 Å². The van der Waals surface area contributed by atoms with Crippen molar-refractivity contribution in [3.63, 3.8) is 0 Å². The maximum Gasteiger partial charge on any atom is 0.215 e. The van der Waals surface area contributed by atoms with E-state index in [-0.39, 0.29) is 0 Å². The number of nitrogens with one attached hydrogen (secondary N) is 1. The van der Waals surface area contributed by atoms with Crippen LogP contribution in [0, 0.1) is 0 Å². The fraction of sp³-hybridized carbons (Fsp3) is 0.630. The third kappa shape index (κ3) is 13.7. The largest absolute Gasteiger partial charge is 0.448 e. The van der Waals surface area contributed by atoms with Gasteiger partial charge in [-0.15, -0.1) is 0 Å². The molecule has 2 aromatic rings. The highest BCUT2D eigenvalue weighted by atomic mass is 15.3. The lowest BCUT2D eigenvalue weighted by molar-refractivity contribution is -0.347. The highest BCUT2D eigenvalue weighted by Gasteiger charge is 2.29. The molecular formula is C46H72N2. The summed E-state index contributed by atoms with van der Waals surface area (Å²) in [5, 5.41) is 0. The first kappa shape index (κ1) is 39.8. The lowest BCUT2D eigenvalue weighted by Gasteiger charge is -2.14. The lowest BCUT2D eigenvalue weighted by Crippen LogP contribution is -2.13. The van der Waals surface area contributed by atoms with Gasteiger partial charge in [-0.1, -0.05) is 143 Å². The van der Waals surface area contributed by atoms with Gasteiger partial charge >= 0.3 is 0 Å². The van der Waals surface area contributed by atoms with Crippen LogP contribution in [0.25, 0.3) is 11.5 Å². The first-order valence-corrected chi connectivity index (χ1v) is 20.6. The van der Waals surface area contributed by atoms with Crippen LogP contribution in [-0.4, -0.2) is 10.4 Å². The molecular weight excluding hydrogens is 581 g/mol. The van der Waals surface area contributed by atoms with Gasteiger partial charge in [-0.3, -0.25) is 0 Å². The summed E-state index contributed by atoms with van der Waals surface area (Å²) in [5.41, 5.74) is 11.7. The molecule has 0 saturated heterocycles. The van der Waals surface area contributed by atoms with Gasteiger partial charge in [-0.2, -0.15) is 0 Å². The van der Waals surface area contributed by atoms with Crippen LogP contribution in [0.3, 0.4) is 0 Å². The van der Waals surface area contributed by atoms with Crippen molar-refractivity contribution in [1.82, 2.24) is 0 Å². The molecule has 0 amide bonds. The van der Waals surface area contributed by atoms with Crippen LogP contribution in [0.5, 0.6) is 0 Å². The molecule has 0 spiro atoms. The van der Waals surface area contributed by atoms with Crippen molar-refractivity contribution in [3.8, 4) is 0 Å². The number of benzene rings is 2. The molecule has 0 atom stereocenters. The minimum atomic E-state index is 1.05. The highest BCUT2D eigenvalue weighted by molar-refractivity contribution is 6.15. The van der Waals surface area contributed by atoms with Gasteiger partial charge in [0.25, 0.3) is 0 Å². The Bertz CT molecular complexity index is 1230. The van der Waals surface area contributed by atoms with E-state index in [2.05, 4.69) is 83.2 Å². The fourth-order valence-electron chi connectivity index (χ4n) is 7.26. The summed E-state index contributed by atoms with van der Waals surface area (Å²) in [6.07, 6.45) is 34.7. The van der Waals surface area contributed by atoms with Gasteiger partial charge in [0, 0.05) is 22.8 Å². The third-order valence-electron chi connectivity index (χ3n) is 10.2. The molecule has 0 aromatic heterocycles. The van der Waals surface area contributed by atoms with Crippen LogP contribution in [0.15, 0.2) is 54.1 Å². The van der Waals surface area contributed by atoms with E-state index in [1.54, 1.807) is 4.68 Å². The number of unbranched alkanes of at least 4 members (excludes halogenated alkanes) is 15. The Morgan fingerprint density at radius 3 is 1.23 bits per heavy atom. The summed E-state index contributed by atoms with van der Waals surface area (Å²) in [7, 11) is 0. The fourth-order valence-corrected chi connectivity index (χ4v) is 7.26. The second-order valence-electron chi connectivity index (χ2n) is 14.7. The molecule has 3 rings (SSSR count). The van der Waals surface area contributed by atoms with Crippen molar-refractivity contribution >= 4 is 11.4 Å². The molecule has 0 saturated carbocycles. The van der Waals surface area contributed by atoms with Crippen molar-refractivity contribution in [2.24, 2.45) is 0 Å². The number of aryl methyl sites for hydroxylation is 4. The van der Waals surface area contributed by atoms with Gasteiger partial charge in [0.05, 0.1) is 0 Å². The van der Waals surface area contributed by atoms with Crippen molar-refractivity contribution in [3.05, 3.63) is 93.3 Å². The molecule has 0 unspecified atom stereocenters. The third-order valence-corrected chi connectivity index (χ3v) is 10.2. The first-order chi connectivity index (χ1) is 23.5. The molecule has 2 nitrogen and oxygen atoms in total. The molecule has 1 aliphatic heterocycles. The topological polar surface area (TPSA) is 26.8 Å². The van der Waals surface area contributed by atoms with E-state index >= 15 is 0 Å². The second kappa shape index (κ2) is 23.7. The Kier molecular flexibility index (Phi) is 19.7. The first-order valence-electron chi connectivity index (χ1n) is 20.6. The molecule has 0 radical (unpaired) electrons. The molecule has 2 aromatic carbocycles. The predicted octanol–water partition coefficient (Wildman–Crippen LogP) is 14.5. The molecule has 2 heteroatoms. The molecule has 48 heavy (non-hydrogen) atoms.